The molecule has 0 radical (unpaired) electrons. The highest BCUT2D eigenvalue weighted by molar-refractivity contribution is 5.70. The molecule has 9 heteroatoms. The number of unbranched alkanes of at least 4 members (excludes halogenated alkanes) is 14. The number of carbonyl (C=O) groups is 3. The Morgan fingerprint density at radius 1 is 0.585 bits per heavy atom. The van der Waals surface area contributed by atoms with E-state index in [4.69, 9.17) is 18.9 Å². The van der Waals surface area contributed by atoms with E-state index in [2.05, 4.69) is 62.5 Å². The minimum atomic E-state index is -1.63. The van der Waals surface area contributed by atoms with Gasteiger partial charge in [-0.2, -0.15) is 0 Å². The number of likely N-dealkylation sites (N-methyl/N-ethyl adjacent to an activating group) is 1. The molecule has 306 valence electrons. The molecular formula is C44H77NO8. The molecule has 0 amide bonds. The smallest absolute Gasteiger partial charge is 0.306 e. The first-order chi connectivity index (χ1) is 25.6. The minimum absolute atomic E-state index is 0.141. The normalized spacial score (nSPS) is 13.5. The molecule has 0 fully saturated rings. The average molecular weight is 748 g/mol. The SMILES string of the molecule is CC/C=C\C/C=C\C/C=C\CCCCCCCC(=O)OC(COC(=O)CCCCCCC/C=C\CCCCCC)COC(OCC[N+](C)(C)C)C(=O)[O-]. The Labute approximate surface area is 323 Å². The Kier molecular flexibility index (Phi) is 34.4. The number of nitrogens with zero attached hydrogens (tertiary/aromatic N) is 1. The topological polar surface area (TPSA) is 111 Å². The van der Waals surface area contributed by atoms with Crippen LogP contribution in [0.15, 0.2) is 48.6 Å². The predicted octanol–water partition coefficient (Wildman–Crippen LogP) is 9.10. The van der Waals surface area contributed by atoms with E-state index in [0.717, 1.165) is 89.9 Å². The zero-order valence-corrected chi connectivity index (χ0v) is 34.4. The van der Waals surface area contributed by atoms with Gasteiger partial charge in [0, 0.05) is 12.8 Å². The van der Waals surface area contributed by atoms with Crippen LogP contribution in [0.2, 0.25) is 0 Å². The van der Waals surface area contributed by atoms with E-state index in [0.29, 0.717) is 17.4 Å². The van der Waals surface area contributed by atoms with E-state index in [1.807, 2.05) is 21.1 Å². The summed E-state index contributed by atoms with van der Waals surface area (Å²) in [6, 6.07) is 0. The Morgan fingerprint density at radius 2 is 1.08 bits per heavy atom. The first kappa shape index (κ1) is 50.2. The summed E-state index contributed by atoms with van der Waals surface area (Å²) in [4.78, 5) is 36.8. The second-order valence-electron chi connectivity index (χ2n) is 14.9. The molecule has 2 atom stereocenters. The molecule has 0 aromatic heterocycles. The van der Waals surface area contributed by atoms with Crippen molar-refractivity contribution in [1.82, 2.24) is 0 Å². The maximum Gasteiger partial charge on any atom is 0.306 e. The molecule has 2 unspecified atom stereocenters. The summed E-state index contributed by atoms with van der Waals surface area (Å²) in [5.41, 5.74) is 0. The van der Waals surface area contributed by atoms with Gasteiger partial charge in [-0.1, -0.05) is 120 Å². The quantitative estimate of drug-likeness (QED) is 0.0204. The Bertz CT molecular complexity index is 1010. The lowest BCUT2D eigenvalue weighted by Crippen LogP contribution is -2.44. The molecule has 53 heavy (non-hydrogen) atoms. The van der Waals surface area contributed by atoms with Gasteiger partial charge in [0.15, 0.2) is 12.4 Å². The van der Waals surface area contributed by atoms with Crippen LogP contribution >= 0.6 is 0 Å². The number of carboxylic acids is 1. The van der Waals surface area contributed by atoms with Gasteiger partial charge in [-0.3, -0.25) is 9.59 Å². The van der Waals surface area contributed by atoms with Crippen LogP contribution in [0.25, 0.3) is 0 Å². The number of carbonyl (C=O) groups excluding carboxylic acids is 3. The maximum atomic E-state index is 12.7. The fourth-order valence-corrected chi connectivity index (χ4v) is 5.31. The highest BCUT2D eigenvalue weighted by Gasteiger charge is 2.21. The Balaban J connectivity index is 4.54. The van der Waals surface area contributed by atoms with E-state index in [9.17, 15) is 19.5 Å². The number of carboxylic acid groups (broad SMARTS) is 1. The second-order valence-corrected chi connectivity index (χ2v) is 14.9. The molecule has 0 N–H and O–H groups in total. The summed E-state index contributed by atoms with van der Waals surface area (Å²) in [6.45, 7) is 4.56. The Hall–Kier alpha value is -2.75. The van der Waals surface area contributed by atoms with Crippen LogP contribution in [0, 0.1) is 0 Å². The summed E-state index contributed by atoms with van der Waals surface area (Å²) >= 11 is 0. The van der Waals surface area contributed by atoms with E-state index in [1.165, 1.54) is 32.1 Å². The molecule has 0 aliphatic rings. The summed E-state index contributed by atoms with van der Waals surface area (Å²) < 4.78 is 22.5. The van der Waals surface area contributed by atoms with Crippen molar-refractivity contribution in [2.45, 2.75) is 167 Å². The number of allylic oxidation sites excluding steroid dienone is 8. The van der Waals surface area contributed by atoms with Crippen molar-refractivity contribution in [3.05, 3.63) is 48.6 Å². The van der Waals surface area contributed by atoms with Crippen LogP contribution in [0.4, 0.5) is 0 Å². The molecule has 0 rings (SSSR count). The molecule has 0 aromatic rings. The van der Waals surface area contributed by atoms with Gasteiger partial charge in [0.05, 0.1) is 40.3 Å². The maximum absolute atomic E-state index is 12.7. The summed E-state index contributed by atoms with van der Waals surface area (Å²) in [5, 5.41) is 11.7. The van der Waals surface area contributed by atoms with Gasteiger partial charge in [-0.05, 0) is 70.6 Å². The largest absolute Gasteiger partial charge is 0.545 e. The highest BCUT2D eigenvalue weighted by Crippen LogP contribution is 2.12. The average Bonchev–Trinajstić information content (AvgIpc) is 3.11. The van der Waals surface area contributed by atoms with Crippen molar-refractivity contribution in [3.8, 4) is 0 Å². The van der Waals surface area contributed by atoms with E-state index in [-0.39, 0.29) is 38.6 Å². The second kappa shape index (κ2) is 36.2. The molecule has 0 heterocycles. The van der Waals surface area contributed by atoms with Crippen molar-refractivity contribution in [3.63, 3.8) is 0 Å². The van der Waals surface area contributed by atoms with Crippen molar-refractivity contribution in [2.75, 3.05) is 47.5 Å². The number of ether oxygens (including phenoxy) is 4. The van der Waals surface area contributed by atoms with Crippen LogP contribution in [0.3, 0.4) is 0 Å². The standard InChI is InChI=1S/C44H77NO8/c1-6-8-10-12-14-16-18-20-21-23-25-27-29-31-33-35-42(47)53-40(39-52-44(43(48)49)50-37-36-45(3,4)5)38-51-41(46)34-32-30-28-26-24-22-19-17-15-13-11-9-7-2/h8,10,14,16-17,19-21,40,44H,6-7,9,11-13,15,18,22-39H2,1-5H3/b10-8-,16-14-,19-17-,21-20-. The molecule has 0 aliphatic carbocycles. The molecule has 0 saturated heterocycles. The Morgan fingerprint density at radius 3 is 1.62 bits per heavy atom. The zero-order valence-electron chi connectivity index (χ0n) is 34.4. The van der Waals surface area contributed by atoms with Crippen LogP contribution in [0.5, 0.6) is 0 Å². The molecule has 0 aromatic carbocycles. The highest BCUT2D eigenvalue weighted by atomic mass is 16.7. The molecule has 0 aliphatic heterocycles. The number of quaternary nitrogens is 1. The lowest BCUT2D eigenvalue weighted by Gasteiger charge is -2.26. The molecular weight excluding hydrogens is 670 g/mol. The first-order valence-electron chi connectivity index (χ1n) is 20.8. The van der Waals surface area contributed by atoms with Gasteiger partial charge in [0.1, 0.15) is 13.2 Å². The monoisotopic (exact) mass is 748 g/mol. The summed E-state index contributed by atoms with van der Waals surface area (Å²) in [7, 11) is 5.89. The van der Waals surface area contributed by atoms with Gasteiger partial charge < -0.3 is 33.3 Å². The van der Waals surface area contributed by atoms with E-state index < -0.39 is 24.3 Å². The van der Waals surface area contributed by atoms with E-state index in [1.54, 1.807) is 0 Å². The summed E-state index contributed by atoms with van der Waals surface area (Å²) in [6.07, 6.45) is 37.1. The zero-order chi connectivity index (χ0) is 39.3. The number of hydrogen-bond donors (Lipinski definition) is 0. The van der Waals surface area contributed by atoms with Crippen molar-refractivity contribution >= 4 is 17.9 Å². The fraction of sp³-hybridized carbons (Fsp3) is 0.750. The predicted molar refractivity (Wildman–Crippen MR) is 214 cm³/mol. The number of esters is 2. The van der Waals surface area contributed by atoms with Crippen LogP contribution in [0.1, 0.15) is 155 Å². The van der Waals surface area contributed by atoms with Gasteiger partial charge in [-0.25, -0.2) is 0 Å². The lowest BCUT2D eigenvalue weighted by atomic mass is 10.1. The number of hydrogen-bond acceptors (Lipinski definition) is 8. The molecule has 0 bridgehead atoms. The van der Waals surface area contributed by atoms with Gasteiger partial charge in [0.25, 0.3) is 0 Å². The van der Waals surface area contributed by atoms with Crippen molar-refractivity contribution in [2.24, 2.45) is 0 Å². The first-order valence-corrected chi connectivity index (χ1v) is 20.8. The van der Waals surface area contributed by atoms with Gasteiger partial charge in [0.2, 0.25) is 0 Å². The third-order valence-corrected chi connectivity index (χ3v) is 8.56. The third kappa shape index (κ3) is 37.4. The summed E-state index contributed by atoms with van der Waals surface area (Å²) in [5.74, 6) is -2.33. The van der Waals surface area contributed by atoms with Gasteiger partial charge in [-0.15, -0.1) is 0 Å². The van der Waals surface area contributed by atoms with Crippen LogP contribution in [-0.2, 0) is 33.3 Å². The fourth-order valence-electron chi connectivity index (χ4n) is 5.31. The van der Waals surface area contributed by atoms with Crippen LogP contribution in [-0.4, -0.2) is 82.3 Å². The molecule has 0 saturated carbocycles. The van der Waals surface area contributed by atoms with Crippen LogP contribution < -0.4 is 5.11 Å². The third-order valence-electron chi connectivity index (χ3n) is 8.56. The van der Waals surface area contributed by atoms with Gasteiger partial charge >= 0.3 is 11.9 Å². The minimum Gasteiger partial charge on any atom is -0.545 e. The van der Waals surface area contributed by atoms with Crippen molar-refractivity contribution in [1.29, 1.82) is 0 Å². The lowest BCUT2D eigenvalue weighted by molar-refractivity contribution is -0.870. The number of aliphatic carboxylic acids is 1. The van der Waals surface area contributed by atoms with Crippen molar-refractivity contribution < 1.29 is 42.9 Å². The number of rotatable bonds is 37. The molecule has 0 spiro atoms. The van der Waals surface area contributed by atoms with E-state index >= 15 is 0 Å². The molecule has 9 nitrogen and oxygen atoms in total.